The Morgan fingerprint density at radius 2 is 2.06 bits per heavy atom. The smallest absolute Gasteiger partial charge is 0.255 e. The topological polar surface area (TPSA) is 64.7 Å². The molecule has 2 heterocycles. The van der Waals surface area contributed by atoms with Gasteiger partial charge in [-0.15, -0.1) is 0 Å². The Kier molecular flexibility index (Phi) is 3.18. The Bertz CT molecular complexity index is 562. The van der Waals surface area contributed by atoms with Crippen LogP contribution in [0, 0.1) is 13.8 Å². The molecule has 0 spiro atoms. The second-order valence-corrected chi connectivity index (χ2v) is 4.39. The van der Waals surface area contributed by atoms with E-state index in [4.69, 9.17) is 0 Å². The molecular weight excluding hydrogens is 230 g/mol. The summed E-state index contributed by atoms with van der Waals surface area (Å²) in [5.41, 5.74) is 3.25. The van der Waals surface area contributed by atoms with E-state index in [9.17, 15) is 4.79 Å². The van der Waals surface area contributed by atoms with E-state index in [1.54, 1.807) is 22.6 Å². The molecule has 0 saturated heterocycles. The average Bonchev–Trinajstić information content (AvgIpc) is 2.79. The third-order valence-electron chi connectivity index (χ3n) is 2.85. The summed E-state index contributed by atoms with van der Waals surface area (Å²) in [5.74, 6) is -0.121. The predicted molar refractivity (Wildman–Crippen MR) is 67.1 cm³/mol. The van der Waals surface area contributed by atoms with Gasteiger partial charge in [-0.3, -0.25) is 14.2 Å². The van der Waals surface area contributed by atoms with Gasteiger partial charge >= 0.3 is 0 Å². The fraction of sp³-hybridized carbons (Fsp3) is 0.417. The monoisotopic (exact) mass is 247 g/mol. The van der Waals surface area contributed by atoms with Crippen LogP contribution in [0.3, 0.4) is 0 Å². The van der Waals surface area contributed by atoms with Crippen LogP contribution in [0.15, 0.2) is 12.3 Å². The molecule has 0 aliphatic rings. The number of hydrogen-bond donors (Lipinski definition) is 1. The van der Waals surface area contributed by atoms with Crippen LogP contribution in [-0.4, -0.2) is 25.5 Å². The standard InChI is InChI=1S/C12H17N5O/c1-8-5-10(15-17(8)4)6-13-12(18)11-7-16(3)14-9(11)2/h5,7H,6H2,1-4H3,(H,13,18). The number of nitrogens with one attached hydrogen (secondary N) is 1. The van der Waals surface area contributed by atoms with Crippen LogP contribution >= 0.6 is 0 Å². The molecule has 0 aromatic carbocycles. The molecule has 1 N–H and O–H groups in total. The van der Waals surface area contributed by atoms with E-state index in [2.05, 4.69) is 15.5 Å². The summed E-state index contributed by atoms with van der Waals surface area (Å²) in [7, 11) is 3.68. The van der Waals surface area contributed by atoms with Gasteiger partial charge in [-0.1, -0.05) is 0 Å². The summed E-state index contributed by atoms with van der Waals surface area (Å²) >= 11 is 0. The van der Waals surface area contributed by atoms with Gasteiger partial charge in [0, 0.05) is 26.0 Å². The highest BCUT2D eigenvalue weighted by Crippen LogP contribution is 2.05. The first-order chi connectivity index (χ1) is 8.47. The zero-order valence-electron chi connectivity index (χ0n) is 11.1. The van der Waals surface area contributed by atoms with Gasteiger partial charge in [0.2, 0.25) is 0 Å². The highest BCUT2D eigenvalue weighted by molar-refractivity contribution is 5.94. The number of amides is 1. The van der Waals surface area contributed by atoms with Gasteiger partial charge < -0.3 is 5.32 Å². The molecular formula is C12H17N5O. The number of rotatable bonds is 3. The predicted octanol–water partition coefficient (Wildman–Crippen LogP) is 0.700. The van der Waals surface area contributed by atoms with Crippen molar-refractivity contribution in [2.45, 2.75) is 20.4 Å². The molecule has 0 radical (unpaired) electrons. The van der Waals surface area contributed by atoms with Crippen LogP contribution in [0.2, 0.25) is 0 Å². The first-order valence-corrected chi connectivity index (χ1v) is 5.75. The minimum Gasteiger partial charge on any atom is -0.346 e. The first kappa shape index (κ1) is 12.3. The maximum Gasteiger partial charge on any atom is 0.255 e. The van der Waals surface area contributed by atoms with E-state index < -0.39 is 0 Å². The van der Waals surface area contributed by atoms with Crippen molar-refractivity contribution in [3.63, 3.8) is 0 Å². The Balaban J connectivity index is 2.02. The highest BCUT2D eigenvalue weighted by atomic mass is 16.1. The lowest BCUT2D eigenvalue weighted by molar-refractivity contribution is 0.0949. The van der Waals surface area contributed by atoms with E-state index in [0.717, 1.165) is 17.1 Å². The molecule has 6 nitrogen and oxygen atoms in total. The van der Waals surface area contributed by atoms with Gasteiger partial charge in [0.25, 0.3) is 5.91 Å². The number of hydrogen-bond acceptors (Lipinski definition) is 3. The number of nitrogens with zero attached hydrogens (tertiary/aromatic N) is 4. The summed E-state index contributed by atoms with van der Waals surface area (Å²) < 4.78 is 3.42. The summed E-state index contributed by atoms with van der Waals surface area (Å²) in [6, 6.07) is 1.95. The maximum atomic E-state index is 11.9. The number of aryl methyl sites for hydroxylation is 4. The quantitative estimate of drug-likeness (QED) is 0.868. The largest absolute Gasteiger partial charge is 0.346 e. The van der Waals surface area contributed by atoms with Crippen LogP contribution < -0.4 is 5.32 Å². The van der Waals surface area contributed by atoms with Crippen molar-refractivity contribution in [1.82, 2.24) is 24.9 Å². The Labute approximate surface area is 106 Å². The summed E-state index contributed by atoms with van der Waals surface area (Å²) in [5, 5.41) is 11.3. The number of carbonyl (C=O) groups excluding carboxylic acids is 1. The molecule has 2 aromatic heterocycles. The maximum absolute atomic E-state index is 11.9. The molecule has 0 fully saturated rings. The third kappa shape index (κ3) is 2.42. The lowest BCUT2D eigenvalue weighted by Crippen LogP contribution is -2.23. The highest BCUT2D eigenvalue weighted by Gasteiger charge is 2.12. The van der Waals surface area contributed by atoms with Crippen molar-refractivity contribution in [1.29, 1.82) is 0 Å². The molecule has 96 valence electrons. The van der Waals surface area contributed by atoms with Gasteiger partial charge in [-0.05, 0) is 19.9 Å². The molecule has 0 bridgehead atoms. The van der Waals surface area contributed by atoms with Crippen LogP contribution in [-0.2, 0) is 20.6 Å². The van der Waals surface area contributed by atoms with E-state index in [1.165, 1.54) is 0 Å². The van der Waals surface area contributed by atoms with Gasteiger partial charge in [0.1, 0.15) is 0 Å². The zero-order chi connectivity index (χ0) is 13.3. The van der Waals surface area contributed by atoms with Crippen LogP contribution in [0.5, 0.6) is 0 Å². The molecule has 0 unspecified atom stereocenters. The Morgan fingerprint density at radius 1 is 1.33 bits per heavy atom. The summed E-state index contributed by atoms with van der Waals surface area (Å²) in [6.07, 6.45) is 1.72. The van der Waals surface area contributed by atoms with Crippen molar-refractivity contribution in [3.8, 4) is 0 Å². The molecule has 1 amide bonds. The molecule has 18 heavy (non-hydrogen) atoms. The molecule has 0 saturated carbocycles. The third-order valence-corrected chi connectivity index (χ3v) is 2.85. The first-order valence-electron chi connectivity index (χ1n) is 5.75. The Hall–Kier alpha value is -2.11. The van der Waals surface area contributed by atoms with Crippen molar-refractivity contribution in [2.24, 2.45) is 14.1 Å². The Morgan fingerprint density at radius 3 is 2.56 bits per heavy atom. The molecule has 6 heteroatoms. The van der Waals surface area contributed by atoms with Crippen molar-refractivity contribution < 1.29 is 4.79 Å². The fourth-order valence-electron chi connectivity index (χ4n) is 1.81. The number of aromatic nitrogens is 4. The minimum absolute atomic E-state index is 0.121. The summed E-state index contributed by atoms with van der Waals surface area (Å²) in [6.45, 7) is 4.22. The molecule has 0 aliphatic carbocycles. The second-order valence-electron chi connectivity index (χ2n) is 4.39. The molecule has 2 aromatic rings. The van der Waals surface area contributed by atoms with Crippen molar-refractivity contribution >= 4 is 5.91 Å². The second kappa shape index (κ2) is 4.64. The summed E-state index contributed by atoms with van der Waals surface area (Å²) in [4.78, 5) is 11.9. The van der Waals surface area contributed by atoms with E-state index in [0.29, 0.717) is 12.1 Å². The lowest BCUT2D eigenvalue weighted by atomic mass is 10.2. The van der Waals surface area contributed by atoms with Crippen LogP contribution in [0.4, 0.5) is 0 Å². The van der Waals surface area contributed by atoms with Crippen molar-refractivity contribution in [2.75, 3.05) is 0 Å². The van der Waals surface area contributed by atoms with Crippen LogP contribution in [0.1, 0.15) is 27.4 Å². The van der Waals surface area contributed by atoms with Crippen molar-refractivity contribution in [3.05, 3.63) is 34.9 Å². The molecule has 2 rings (SSSR count). The molecule has 0 aliphatic heterocycles. The number of carbonyl (C=O) groups is 1. The van der Waals surface area contributed by atoms with Gasteiger partial charge in [-0.25, -0.2) is 0 Å². The van der Waals surface area contributed by atoms with Gasteiger partial charge in [-0.2, -0.15) is 10.2 Å². The van der Waals surface area contributed by atoms with Gasteiger partial charge in [0.15, 0.2) is 0 Å². The van der Waals surface area contributed by atoms with Gasteiger partial charge in [0.05, 0.1) is 23.5 Å². The minimum atomic E-state index is -0.121. The van der Waals surface area contributed by atoms with E-state index >= 15 is 0 Å². The van der Waals surface area contributed by atoms with E-state index in [-0.39, 0.29) is 5.91 Å². The van der Waals surface area contributed by atoms with Crippen LogP contribution in [0.25, 0.3) is 0 Å². The molecule has 0 atom stereocenters. The lowest BCUT2D eigenvalue weighted by Gasteiger charge is -2.01. The normalized spacial score (nSPS) is 10.7. The zero-order valence-corrected chi connectivity index (χ0v) is 11.1. The fourth-order valence-corrected chi connectivity index (χ4v) is 1.81. The van der Waals surface area contributed by atoms with E-state index in [1.807, 2.05) is 27.0 Å². The average molecular weight is 247 g/mol. The SMILES string of the molecule is Cc1nn(C)cc1C(=O)NCc1cc(C)n(C)n1.